The van der Waals surface area contributed by atoms with E-state index in [0.717, 1.165) is 5.56 Å². The summed E-state index contributed by atoms with van der Waals surface area (Å²) in [5, 5.41) is 3.83. The fourth-order valence-corrected chi connectivity index (χ4v) is 4.31. The van der Waals surface area contributed by atoms with Gasteiger partial charge in [0.1, 0.15) is 5.78 Å². The Morgan fingerprint density at radius 3 is 1.93 bits per heavy atom. The molecular formula is C25H25NO. The molecule has 2 heteroatoms. The second kappa shape index (κ2) is 7.50. The molecule has 1 heterocycles. The second-order valence-corrected chi connectivity index (χ2v) is 7.47. The van der Waals surface area contributed by atoms with Crippen LogP contribution in [0.3, 0.4) is 0 Å². The van der Waals surface area contributed by atoms with Gasteiger partial charge in [0, 0.05) is 18.5 Å². The van der Waals surface area contributed by atoms with Crippen molar-refractivity contribution in [3.05, 3.63) is 107 Å². The van der Waals surface area contributed by atoms with Gasteiger partial charge in [0.25, 0.3) is 0 Å². The highest BCUT2D eigenvalue weighted by molar-refractivity contribution is 5.88. The van der Waals surface area contributed by atoms with Crippen LogP contribution in [0.4, 0.5) is 0 Å². The first kappa shape index (κ1) is 17.7. The molecule has 0 amide bonds. The predicted octanol–water partition coefficient (Wildman–Crippen LogP) is 5.43. The number of rotatable bonds is 3. The number of Topliss-reactive ketones (excluding diaryl/α,β-unsaturated/α-hetero) is 1. The quantitative estimate of drug-likeness (QED) is 0.678. The Bertz CT molecular complexity index is 947. The van der Waals surface area contributed by atoms with Crippen LogP contribution in [0.1, 0.15) is 52.2 Å². The van der Waals surface area contributed by atoms with Crippen LogP contribution >= 0.6 is 0 Å². The summed E-state index contributed by atoms with van der Waals surface area (Å²) in [6.07, 6.45) is 0.521. The lowest BCUT2D eigenvalue weighted by Gasteiger charge is -2.38. The number of carbonyl (C=O) groups excluding carboxylic acids is 1. The molecule has 0 unspecified atom stereocenters. The summed E-state index contributed by atoms with van der Waals surface area (Å²) in [5.41, 5.74) is 5.96. The van der Waals surface area contributed by atoms with Crippen LogP contribution in [-0.2, 0) is 4.79 Å². The lowest BCUT2D eigenvalue weighted by Crippen LogP contribution is -2.41. The molecule has 3 aromatic carbocycles. The van der Waals surface area contributed by atoms with Crippen LogP contribution in [0.15, 0.2) is 78.9 Å². The largest absolute Gasteiger partial charge is 0.302 e. The van der Waals surface area contributed by atoms with Crippen molar-refractivity contribution in [2.75, 3.05) is 0 Å². The van der Waals surface area contributed by atoms with E-state index in [1.165, 1.54) is 22.3 Å². The number of ketones is 1. The first-order valence-corrected chi connectivity index (χ1v) is 9.60. The fraction of sp³-hybridized carbons (Fsp3) is 0.240. The molecule has 0 saturated carbocycles. The van der Waals surface area contributed by atoms with Crippen LogP contribution in [0.2, 0.25) is 0 Å². The first-order chi connectivity index (χ1) is 13.1. The van der Waals surface area contributed by atoms with Crippen molar-refractivity contribution in [3.8, 4) is 0 Å². The zero-order valence-corrected chi connectivity index (χ0v) is 15.9. The van der Waals surface area contributed by atoms with Crippen LogP contribution in [0.5, 0.6) is 0 Å². The maximum atomic E-state index is 13.3. The van der Waals surface area contributed by atoms with Crippen molar-refractivity contribution in [1.82, 2.24) is 5.32 Å². The SMILES string of the molecule is Cc1ccccc1[C@H]1N[C@@H](c2ccccc2C)CC(=O)[C@@H]1c1ccccc1. The van der Waals surface area contributed by atoms with E-state index in [1.807, 2.05) is 18.2 Å². The Kier molecular flexibility index (Phi) is 4.91. The molecule has 0 radical (unpaired) electrons. The van der Waals surface area contributed by atoms with Crippen molar-refractivity contribution in [3.63, 3.8) is 0 Å². The number of carbonyl (C=O) groups is 1. The van der Waals surface area contributed by atoms with E-state index in [2.05, 4.69) is 79.8 Å². The first-order valence-electron chi connectivity index (χ1n) is 9.60. The van der Waals surface area contributed by atoms with E-state index in [9.17, 15) is 4.79 Å². The normalized spacial score (nSPS) is 22.6. The summed E-state index contributed by atoms with van der Waals surface area (Å²) in [5.74, 6) is 0.147. The van der Waals surface area contributed by atoms with Gasteiger partial charge in [-0.3, -0.25) is 4.79 Å². The van der Waals surface area contributed by atoms with E-state index in [0.29, 0.717) is 12.2 Å². The fourth-order valence-electron chi connectivity index (χ4n) is 4.31. The van der Waals surface area contributed by atoms with E-state index >= 15 is 0 Å². The van der Waals surface area contributed by atoms with Gasteiger partial charge in [-0.15, -0.1) is 0 Å². The molecule has 0 bridgehead atoms. The molecule has 1 aliphatic rings. The van der Waals surface area contributed by atoms with E-state index in [1.54, 1.807) is 0 Å². The van der Waals surface area contributed by atoms with Crippen LogP contribution < -0.4 is 5.32 Å². The molecule has 2 nitrogen and oxygen atoms in total. The number of hydrogen-bond acceptors (Lipinski definition) is 2. The summed E-state index contributed by atoms with van der Waals surface area (Å²) >= 11 is 0. The van der Waals surface area contributed by atoms with Gasteiger partial charge in [0.15, 0.2) is 0 Å². The summed E-state index contributed by atoms with van der Waals surface area (Å²) in [4.78, 5) is 13.3. The second-order valence-electron chi connectivity index (χ2n) is 7.47. The number of piperidine rings is 1. The third-order valence-corrected chi connectivity index (χ3v) is 5.71. The van der Waals surface area contributed by atoms with Crippen LogP contribution in [0, 0.1) is 13.8 Å². The molecule has 0 spiro atoms. The zero-order chi connectivity index (χ0) is 18.8. The summed E-state index contributed by atoms with van der Waals surface area (Å²) in [6.45, 7) is 4.24. The summed E-state index contributed by atoms with van der Waals surface area (Å²) < 4.78 is 0. The molecule has 1 aliphatic heterocycles. The van der Waals surface area contributed by atoms with Gasteiger partial charge in [-0.2, -0.15) is 0 Å². The Labute approximate surface area is 161 Å². The predicted molar refractivity (Wildman–Crippen MR) is 110 cm³/mol. The van der Waals surface area contributed by atoms with Gasteiger partial charge >= 0.3 is 0 Å². The minimum Gasteiger partial charge on any atom is -0.302 e. The highest BCUT2D eigenvalue weighted by Crippen LogP contribution is 2.41. The minimum absolute atomic E-state index is 0.0283. The van der Waals surface area contributed by atoms with Gasteiger partial charge in [-0.1, -0.05) is 78.9 Å². The average molecular weight is 355 g/mol. The Morgan fingerprint density at radius 1 is 0.741 bits per heavy atom. The van der Waals surface area contributed by atoms with E-state index in [-0.39, 0.29) is 18.0 Å². The minimum atomic E-state index is -0.160. The summed E-state index contributed by atoms with van der Waals surface area (Å²) in [6, 6.07) is 27.0. The van der Waals surface area contributed by atoms with Gasteiger partial charge in [-0.25, -0.2) is 0 Å². The third kappa shape index (κ3) is 3.45. The molecule has 1 fully saturated rings. The Morgan fingerprint density at radius 2 is 1.30 bits per heavy atom. The molecule has 0 aromatic heterocycles. The Hall–Kier alpha value is -2.71. The zero-order valence-electron chi connectivity index (χ0n) is 15.9. The third-order valence-electron chi connectivity index (χ3n) is 5.71. The molecular weight excluding hydrogens is 330 g/mol. The van der Waals surface area contributed by atoms with Gasteiger partial charge in [0.05, 0.1) is 5.92 Å². The number of aryl methyl sites for hydroxylation is 2. The van der Waals surface area contributed by atoms with Crippen molar-refractivity contribution >= 4 is 5.78 Å². The number of nitrogens with one attached hydrogen (secondary N) is 1. The molecule has 136 valence electrons. The highest BCUT2D eigenvalue weighted by atomic mass is 16.1. The molecule has 3 atom stereocenters. The van der Waals surface area contributed by atoms with E-state index < -0.39 is 0 Å². The van der Waals surface area contributed by atoms with Gasteiger partial charge in [0.2, 0.25) is 0 Å². The Balaban J connectivity index is 1.79. The van der Waals surface area contributed by atoms with Crippen molar-refractivity contribution in [1.29, 1.82) is 0 Å². The van der Waals surface area contributed by atoms with Crippen molar-refractivity contribution < 1.29 is 4.79 Å². The monoisotopic (exact) mass is 355 g/mol. The van der Waals surface area contributed by atoms with Gasteiger partial charge < -0.3 is 5.32 Å². The summed E-state index contributed by atoms with van der Waals surface area (Å²) in [7, 11) is 0. The maximum absolute atomic E-state index is 13.3. The van der Waals surface area contributed by atoms with E-state index in [4.69, 9.17) is 0 Å². The van der Waals surface area contributed by atoms with Gasteiger partial charge in [-0.05, 0) is 41.7 Å². The van der Waals surface area contributed by atoms with Crippen LogP contribution in [-0.4, -0.2) is 5.78 Å². The molecule has 1 saturated heterocycles. The van der Waals surface area contributed by atoms with Crippen molar-refractivity contribution in [2.24, 2.45) is 0 Å². The molecule has 4 rings (SSSR count). The molecule has 27 heavy (non-hydrogen) atoms. The van der Waals surface area contributed by atoms with Crippen LogP contribution in [0.25, 0.3) is 0 Å². The molecule has 3 aromatic rings. The lowest BCUT2D eigenvalue weighted by atomic mass is 9.76. The number of hydrogen-bond donors (Lipinski definition) is 1. The van der Waals surface area contributed by atoms with Crippen molar-refractivity contribution in [2.45, 2.75) is 38.3 Å². The molecule has 0 aliphatic carbocycles. The highest BCUT2D eigenvalue weighted by Gasteiger charge is 2.39. The standard InChI is InChI=1S/C25H25NO/c1-17-10-6-8-14-20(17)22-16-23(27)24(19-12-4-3-5-13-19)25(26-22)21-15-9-7-11-18(21)2/h3-15,22,24-26H,16H2,1-2H3/t22-,24+,25-/m1/s1. The maximum Gasteiger partial charge on any atom is 0.144 e. The number of benzene rings is 3. The topological polar surface area (TPSA) is 29.1 Å². The average Bonchev–Trinajstić information content (AvgIpc) is 2.69. The molecule has 1 N–H and O–H groups in total. The lowest BCUT2D eigenvalue weighted by molar-refractivity contribution is -0.123. The smallest absolute Gasteiger partial charge is 0.144 e.